The fourth-order valence-corrected chi connectivity index (χ4v) is 1.33. The predicted molar refractivity (Wildman–Crippen MR) is 53.8 cm³/mol. The summed E-state index contributed by atoms with van der Waals surface area (Å²) in [6.45, 7) is 8.25. The zero-order chi connectivity index (χ0) is 10.4. The molecule has 0 aromatic carbocycles. The molecule has 0 aliphatic heterocycles. The number of nitrogens with one attached hydrogen (secondary N) is 1. The Morgan fingerprint density at radius 2 is 1.92 bits per heavy atom. The average molecular weight is 187 g/mol. The molecule has 0 spiro atoms. The lowest BCUT2D eigenvalue weighted by Gasteiger charge is -2.24. The molecule has 3 heteroatoms. The van der Waals surface area contributed by atoms with E-state index in [0.29, 0.717) is 12.0 Å². The molecule has 13 heavy (non-hydrogen) atoms. The van der Waals surface area contributed by atoms with Crippen molar-refractivity contribution >= 4 is 5.97 Å². The molecule has 0 saturated carbocycles. The number of aliphatic carboxylic acids is 1. The monoisotopic (exact) mass is 187 g/mol. The molecule has 78 valence electrons. The Morgan fingerprint density at radius 1 is 1.38 bits per heavy atom. The summed E-state index contributed by atoms with van der Waals surface area (Å²) >= 11 is 0. The Labute approximate surface area is 80.5 Å². The first-order chi connectivity index (χ1) is 5.97. The highest BCUT2D eigenvalue weighted by molar-refractivity contribution is 5.67. The maximum absolute atomic E-state index is 10.6. The van der Waals surface area contributed by atoms with Crippen LogP contribution in [0.4, 0.5) is 0 Å². The molecule has 2 unspecified atom stereocenters. The van der Waals surface area contributed by atoms with E-state index < -0.39 is 5.97 Å². The predicted octanol–water partition coefficient (Wildman–Crippen LogP) is 1.87. The van der Waals surface area contributed by atoms with Crippen molar-refractivity contribution in [3.05, 3.63) is 0 Å². The number of hydrogen-bond donors (Lipinski definition) is 2. The van der Waals surface area contributed by atoms with E-state index in [4.69, 9.17) is 5.11 Å². The summed E-state index contributed by atoms with van der Waals surface area (Å²) in [6, 6.07) is 0.445. The summed E-state index contributed by atoms with van der Waals surface area (Å²) in [4.78, 5) is 10.6. The van der Waals surface area contributed by atoms with Crippen LogP contribution >= 0.6 is 0 Å². The third kappa shape index (κ3) is 5.64. The quantitative estimate of drug-likeness (QED) is 0.667. The third-order valence-electron chi connectivity index (χ3n) is 2.27. The van der Waals surface area contributed by atoms with Crippen LogP contribution < -0.4 is 5.32 Å². The lowest BCUT2D eigenvalue weighted by molar-refractivity contribution is -0.137. The van der Waals surface area contributed by atoms with Gasteiger partial charge in [0, 0.05) is 12.1 Å². The molecule has 0 aliphatic rings. The van der Waals surface area contributed by atoms with E-state index in [2.05, 4.69) is 19.2 Å². The lowest BCUT2D eigenvalue weighted by atomic mass is 9.96. The van der Waals surface area contributed by atoms with Crippen molar-refractivity contribution in [3.63, 3.8) is 0 Å². The molecule has 0 aliphatic carbocycles. The smallest absolute Gasteiger partial charge is 0.304 e. The van der Waals surface area contributed by atoms with Gasteiger partial charge in [0.1, 0.15) is 0 Å². The van der Waals surface area contributed by atoms with Crippen molar-refractivity contribution < 1.29 is 9.90 Å². The van der Waals surface area contributed by atoms with Gasteiger partial charge in [-0.25, -0.2) is 0 Å². The Kier molecular flexibility index (Phi) is 5.71. The Hall–Kier alpha value is -0.570. The third-order valence-corrected chi connectivity index (χ3v) is 2.27. The van der Waals surface area contributed by atoms with Crippen molar-refractivity contribution in [2.24, 2.45) is 5.92 Å². The van der Waals surface area contributed by atoms with Gasteiger partial charge in [-0.1, -0.05) is 34.1 Å². The second-order valence-corrected chi connectivity index (χ2v) is 3.91. The first-order valence-corrected chi connectivity index (χ1v) is 4.95. The summed E-state index contributed by atoms with van der Waals surface area (Å²) in [7, 11) is 0. The minimum atomic E-state index is -0.724. The van der Waals surface area contributed by atoms with E-state index in [0.717, 1.165) is 6.42 Å². The van der Waals surface area contributed by atoms with Gasteiger partial charge in [-0.3, -0.25) is 4.79 Å². The molecule has 0 bridgehead atoms. The van der Waals surface area contributed by atoms with E-state index in [-0.39, 0.29) is 12.5 Å². The first-order valence-electron chi connectivity index (χ1n) is 4.95. The van der Waals surface area contributed by atoms with Gasteiger partial charge in [0.05, 0.1) is 6.42 Å². The Morgan fingerprint density at radius 3 is 2.23 bits per heavy atom. The number of hydrogen-bond acceptors (Lipinski definition) is 2. The number of rotatable bonds is 6. The van der Waals surface area contributed by atoms with Crippen LogP contribution in [-0.4, -0.2) is 23.2 Å². The van der Waals surface area contributed by atoms with E-state index in [9.17, 15) is 4.79 Å². The SMILES string of the molecule is CCC(C)C(CC(=O)O)NC(C)C. The zero-order valence-electron chi connectivity index (χ0n) is 9.00. The van der Waals surface area contributed by atoms with Crippen molar-refractivity contribution in [1.82, 2.24) is 5.32 Å². The number of carboxylic acids is 1. The van der Waals surface area contributed by atoms with Gasteiger partial charge in [0.25, 0.3) is 0 Å². The van der Waals surface area contributed by atoms with Gasteiger partial charge in [-0.2, -0.15) is 0 Å². The highest BCUT2D eigenvalue weighted by Crippen LogP contribution is 2.11. The van der Waals surface area contributed by atoms with Gasteiger partial charge >= 0.3 is 5.97 Å². The summed E-state index contributed by atoms with van der Waals surface area (Å²) in [5, 5.41) is 12.0. The van der Waals surface area contributed by atoms with E-state index in [1.165, 1.54) is 0 Å². The average Bonchev–Trinajstić information content (AvgIpc) is 2.00. The largest absolute Gasteiger partial charge is 0.481 e. The number of carbonyl (C=O) groups is 1. The second kappa shape index (κ2) is 5.97. The Bertz CT molecular complexity index is 157. The standard InChI is InChI=1S/C10H21NO2/c1-5-8(4)9(6-10(12)13)11-7(2)3/h7-9,11H,5-6H2,1-4H3,(H,12,13). The minimum absolute atomic E-state index is 0.0995. The summed E-state index contributed by atoms with van der Waals surface area (Å²) < 4.78 is 0. The molecule has 3 nitrogen and oxygen atoms in total. The van der Waals surface area contributed by atoms with Crippen LogP contribution in [-0.2, 0) is 4.79 Å². The molecular formula is C10H21NO2. The van der Waals surface area contributed by atoms with Crippen molar-refractivity contribution in [1.29, 1.82) is 0 Å². The molecule has 0 rings (SSSR count). The van der Waals surface area contributed by atoms with E-state index in [1.54, 1.807) is 0 Å². The highest BCUT2D eigenvalue weighted by Gasteiger charge is 2.19. The molecule has 0 saturated heterocycles. The van der Waals surface area contributed by atoms with Crippen LogP contribution in [0.1, 0.15) is 40.5 Å². The first kappa shape index (κ1) is 12.4. The molecular weight excluding hydrogens is 166 g/mol. The van der Waals surface area contributed by atoms with Crippen molar-refractivity contribution in [2.75, 3.05) is 0 Å². The van der Waals surface area contributed by atoms with Gasteiger partial charge in [-0.15, -0.1) is 0 Å². The van der Waals surface area contributed by atoms with Crippen LogP contribution in [0.3, 0.4) is 0 Å². The molecule has 2 N–H and O–H groups in total. The maximum Gasteiger partial charge on any atom is 0.304 e. The lowest BCUT2D eigenvalue weighted by Crippen LogP contribution is -2.40. The molecule has 0 aromatic rings. The highest BCUT2D eigenvalue weighted by atomic mass is 16.4. The molecule has 0 heterocycles. The van der Waals surface area contributed by atoms with Crippen LogP contribution in [0.15, 0.2) is 0 Å². The normalized spacial score (nSPS) is 15.8. The topological polar surface area (TPSA) is 49.3 Å². The van der Waals surface area contributed by atoms with E-state index in [1.807, 2.05) is 13.8 Å². The van der Waals surface area contributed by atoms with Crippen LogP contribution in [0.5, 0.6) is 0 Å². The van der Waals surface area contributed by atoms with Gasteiger partial charge in [0.2, 0.25) is 0 Å². The van der Waals surface area contributed by atoms with E-state index >= 15 is 0 Å². The van der Waals surface area contributed by atoms with Gasteiger partial charge in [0.15, 0.2) is 0 Å². The molecule has 0 fully saturated rings. The molecule has 0 amide bonds. The van der Waals surface area contributed by atoms with Gasteiger partial charge in [-0.05, 0) is 5.92 Å². The fraction of sp³-hybridized carbons (Fsp3) is 0.900. The number of carboxylic acid groups (broad SMARTS) is 1. The van der Waals surface area contributed by atoms with Gasteiger partial charge < -0.3 is 10.4 Å². The zero-order valence-corrected chi connectivity index (χ0v) is 9.00. The molecule has 2 atom stereocenters. The van der Waals surface area contributed by atoms with Crippen LogP contribution in [0.25, 0.3) is 0 Å². The fourth-order valence-electron chi connectivity index (χ4n) is 1.33. The Balaban J connectivity index is 4.10. The van der Waals surface area contributed by atoms with Crippen LogP contribution in [0, 0.1) is 5.92 Å². The molecule has 0 aromatic heterocycles. The summed E-state index contributed by atoms with van der Waals surface area (Å²) in [5.74, 6) is -0.308. The summed E-state index contributed by atoms with van der Waals surface area (Å²) in [6.07, 6.45) is 1.23. The summed E-state index contributed by atoms with van der Waals surface area (Å²) in [5.41, 5.74) is 0. The molecule has 0 radical (unpaired) electrons. The van der Waals surface area contributed by atoms with Crippen molar-refractivity contribution in [3.8, 4) is 0 Å². The van der Waals surface area contributed by atoms with Crippen LogP contribution in [0.2, 0.25) is 0 Å². The maximum atomic E-state index is 10.6. The second-order valence-electron chi connectivity index (χ2n) is 3.91. The van der Waals surface area contributed by atoms with Crippen molar-refractivity contribution in [2.45, 2.75) is 52.6 Å². The minimum Gasteiger partial charge on any atom is -0.481 e.